The highest BCUT2D eigenvalue weighted by Crippen LogP contribution is 2.21. The first-order chi connectivity index (χ1) is 9.06. The normalized spacial score (nSPS) is 10.7. The number of methoxy groups -OCH3 is 1. The quantitative estimate of drug-likeness (QED) is 0.848. The van der Waals surface area contributed by atoms with Crippen LogP contribution >= 0.6 is 0 Å². The van der Waals surface area contributed by atoms with E-state index in [0.29, 0.717) is 18.2 Å². The highest BCUT2D eigenvalue weighted by Gasteiger charge is 2.10. The molecule has 0 radical (unpaired) electrons. The van der Waals surface area contributed by atoms with Crippen molar-refractivity contribution in [1.29, 1.82) is 5.26 Å². The molecule has 0 N–H and O–H groups in total. The Morgan fingerprint density at radius 1 is 1.37 bits per heavy atom. The molecule has 0 aliphatic carbocycles. The molecule has 4 nitrogen and oxygen atoms in total. The third-order valence-corrected chi connectivity index (χ3v) is 2.97. The predicted octanol–water partition coefficient (Wildman–Crippen LogP) is 2.54. The summed E-state index contributed by atoms with van der Waals surface area (Å²) in [5, 5.41) is 9.91. The Morgan fingerprint density at radius 2 is 2.11 bits per heavy atom. The average molecular weight is 256 g/mol. The van der Waals surface area contributed by atoms with Gasteiger partial charge in [-0.2, -0.15) is 5.26 Å². The van der Waals surface area contributed by atoms with Crippen molar-refractivity contribution in [2.75, 3.05) is 7.11 Å². The van der Waals surface area contributed by atoms with Gasteiger partial charge in [-0.1, -0.05) is 13.8 Å². The zero-order valence-electron chi connectivity index (χ0n) is 11.3. The average Bonchev–Trinajstić information content (AvgIpc) is 2.40. The molecule has 1 heterocycles. The minimum Gasteiger partial charge on any atom is -0.497 e. The smallest absolute Gasteiger partial charge is 0.268 e. The number of fused-ring (bicyclic) bond motifs is 1. The summed E-state index contributed by atoms with van der Waals surface area (Å²) < 4.78 is 6.84. The number of hydrogen-bond donors (Lipinski definition) is 0. The lowest BCUT2D eigenvalue weighted by atomic mass is 10.1. The lowest BCUT2D eigenvalue weighted by molar-refractivity contribution is 0.415. The Labute approximate surface area is 111 Å². The third kappa shape index (κ3) is 2.45. The van der Waals surface area contributed by atoms with Crippen molar-refractivity contribution in [1.82, 2.24) is 4.57 Å². The van der Waals surface area contributed by atoms with Gasteiger partial charge in [-0.25, -0.2) is 0 Å². The van der Waals surface area contributed by atoms with E-state index in [1.165, 1.54) is 0 Å². The van der Waals surface area contributed by atoms with Crippen molar-refractivity contribution in [2.45, 2.75) is 20.4 Å². The number of pyridine rings is 1. The number of hydrogen-bond acceptors (Lipinski definition) is 3. The topological polar surface area (TPSA) is 55.0 Å². The molecule has 19 heavy (non-hydrogen) atoms. The number of rotatable bonds is 3. The van der Waals surface area contributed by atoms with Gasteiger partial charge in [-0.3, -0.25) is 4.79 Å². The molecule has 98 valence electrons. The van der Waals surface area contributed by atoms with Gasteiger partial charge in [-0.05, 0) is 30.2 Å². The van der Waals surface area contributed by atoms with E-state index < -0.39 is 0 Å². The van der Waals surface area contributed by atoms with E-state index in [1.54, 1.807) is 17.7 Å². The van der Waals surface area contributed by atoms with Gasteiger partial charge in [0, 0.05) is 11.9 Å². The fourth-order valence-corrected chi connectivity index (χ4v) is 2.12. The van der Waals surface area contributed by atoms with Crippen molar-refractivity contribution in [3.8, 4) is 11.8 Å². The first-order valence-electron chi connectivity index (χ1n) is 6.18. The first kappa shape index (κ1) is 13.2. The summed E-state index contributed by atoms with van der Waals surface area (Å²) in [5.41, 5.74) is 0.772. The molecule has 0 bridgehead atoms. The molecule has 2 rings (SSSR count). The number of nitriles is 1. The molecular weight excluding hydrogens is 240 g/mol. The van der Waals surface area contributed by atoms with Gasteiger partial charge in [0.25, 0.3) is 5.56 Å². The van der Waals surface area contributed by atoms with Gasteiger partial charge in [0.05, 0.1) is 12.6 Å². The maximum atomic E-state index is 12.2. The zero-order chi connectivity index (χ0) is 14.0. The Hall–Kier alpha value is -2.28. The van der Waals surface area contributed by atoms with Crippen LogP contribution in [0.3, 0.4) is 0 Å². The molecule has 0 amide bonds. The van der Waals surface area contributed by atoms with Crippen molar-refractivity contribution >= 4 is 10.9 Å². The highest BCUT2D eigenvalue weighted by atomic mass is 16.5. The standard InChI is InChI=1S/C15H16N2O2/c1-10(2)9-17-14-5-4-13(19-3)7-11(14)6-12(8-16)15(17)18/h4-7,10H,9H2,1-3H3. The molecule has 0 fully saturated rings. The van der Waals surface area contributed by atoms with E-state index in [1.807, 2.05) is 38.1 Å². The van der Waals surface area contributed by atoms with Crippen LogP contribution in [0.1, 0.15) is 19.4 Å². The lowest BCUT2D eigenvalue weighted by Gasteiger charge is -2.13. The fourth-order valence-electron chi connectivity index (χ4n) is 2.12. The predicted molar refractivity (Wildman–Crippen MR) is 74.3 cm³/mol. The Morgan fingerprint density at radius 3 is 2.68 bits per heavy atom. The van der Waals surface area contributed by atoms with Crippen LogP contribution in [0.4, 0.5) is 0 Å². The van der Waals surface area contributed by atoms with E-state index in [9.17, 15) is 4.79 Å². The lowest BCUT2D eigenvalue weighted by Crippen LogP contribution is -2.25. The summed E-state index contributed by atoms with van der Waals surface area (Å²) in [6.07, 6.45) is 0. The molecule has 0 spiro atoms. The van der Waals surface area contributed by atoms with Gasteiger partial charge in [0.1, 0.15) is 17.4 Å². The van der Waals surface area contributed by atoms with Gasteiger partial charge in [0.2, 0.25) is 0 Å². The van der Waals surface area contributed by atoms with Crippen LogP contribution in [-0.4, -0.2) is 11.7 Å². The van der Waals surface area contributed by atoms with Crippen molar-refractivity contribution in [3.63, 3.8) is 0 Å². The minimum atomic E-state index is -0.228. The summed E-state index contributed by atoms with van der Waals surface area (Å²) in [6.45, 7) is 4.68. The first-order valence-corrected chi connectivity index (χ1v) is 6.18. The molecule has 0 saturated carbocycles. The summed E-state index contributed by atoms with van der Waals surface area (Å²) in [5.74, 6) is 1.04. The molecule has 1 aromatic carbocycles. The zero-order valence-corrected chi connectivity index (χ0v) is 11.3. The number of nitrogens with zero attached hydrogens (tertiary/aromatic N) is 2. The van der Waals surface area contributed by atoms with E-state index in [-0.39, 0.29) is 11.1 Å². The van der Waals surface area contributed by atoms with Crippen LogP contribution < -0.4 is 10.3 Å². The largest absolute Gasteiger partial charge is 0.497 e. The van der Waals surface area contributed by atoms with E-state index in [0.717, 1.165) is 10.9 Å². The minimum absolute atomic E-state index is 0.168. The molecule has 2 aromatic rings. The van der Waals surface area contributed by atoms with Gasteiger partial charge < -0.3 is 9.30 Å². The summed E-state index contributed by atoms with van der Waals surface area (Å²) >= 11 is 0. The Kier molecular flexibility index (Phi) is 3.57. The van der Waals surface area contributed by atoms with Gasteiger partial charge in [0.15, 0.2) is 0 Å². The molecule has 1 aromatic heterocycles. The number of aromatic nitrogens is 1. The van der Waals surface area contributed by atoms with Crippen molar-refractivity contribution in [3.05, 3.63) is 40.2 Å². The van der Waals surface area contributed by atoms with E-state index in [4.69, 9.17) is 10.00 Å². The third-order valence-electron chi connectivity index (χ3n) is 2.97. The van der Waals surface area contributed by atoms with Crippen LogP contribution in [0.5, 0.6) is 5.75 Å². The molecule has 4 heteroatoms. The molecule has 0 aliphatic heterocycles. The maximum Gasteiger partial charge on any atom is 0.268 e. The second-order valence-electron chi connectivity index (χ2n) is 4.90. The van der Waals surface area contributed by atoms with Crippen molar-refractivity contribution in [2.24, 2.45) is 5.92 Å². The van der Waals surface area contributed by atoms with E-state index in [2.05, 4.69) is 0 Å². The number of benzene rings is 1. The highest BCUT2D eigenvalue weighted by molar-refractivity contribution is 5.81. The molecule has 0 saturated heterocycles. The van der Waals surface area contributed by atoms with Crippen LogP contribution in [0, 0.1) is 17.2 Å². The molecule has 0 atom stereocenters. The monoisotopic (exact) mass is 256 g/mol. The maximum absolute atomic E-state index is 12.2. The molecule has 0 aliphatic rings. The summed E-state index contributed by atoms with van der Waals surface area (Å²) in [4.78, 5) is 12.2. The van der Waals surface area contributed by atoms with Crippen molar-refractivity contribution < 1.29 is 4.74 Å². The Balaban J connectivity index is 2.79. The van der Waals surface area contributed by atoms with Gasteiger partial charge in [-0.15, -0.1) is 0 Å². The van der Waals surface area contributed by atoms with Gasteiger partial charge >= 0.3 is 0 Å². The summed E-state index contributed by atoms with van der Waals surface area (Å²) in [7, 11) is 1.59. The number of ether oxygens (including phenoxy) is 1. The van der Waals surface area contributed by atoms with Crippen LogP contribution in [0.15, 0.2) is 29.1 Å². The van der Waals surface area contributed by atoms with Crippen LogP contribution in [-0.2, 0) is 6.54 Å². The molecular formula is C15H16N2O2. The van der Waals surface area contributed by atoms with Crippen LogP contribution in [0.2, 0.25) is 0 Å². The fraction of sp³-hybridized carbons (Fsp3) is 0.333. The molecule has 0 unspecified atom stereocenters. The summed E-state index contributed by atoms with van der Waals surface area (Å²) in [6, 6.07) is 9.11. The van der Waals surface area contributed by atoms with E-state index >= 15 is 0 Å². The Bertz CT molecular complexity index is 708. The van der Waals surface area contributed by atoms with Crippen LogP contribution in [0.25, 0.3) is 10.9 Å². The second kappa shape index (κ2) is 5.15. The SMILES string of the molecule is COc1ccc2c(c1)cc(C#N)c(=O)n2CC(C)C. The second-order valence-corrected chi connectivity index (χ2v) is 4.90.